The third-order valence-corrected chi connectivity index (χ3v) is 6.55. The van der Waals surface area contributed by atoms with Crippen molar-refractivity contribution in [2.45, 2.75) is 97.8 Å². The maximum Gasteiger partial charge on any atom is 0.161 e. The summed E-state index contributed by atoms with van der Waals surface area (Å²) < 4.78 is 12.3. The van der Waals surface area contributed by atoms with Crippen LogP contribution in [0.25, 0.3) is 6.08 Å². The molecule has 2 rings (SSSR count). The molecular weight excluding hydrogens is 448 g/mol. The van der Waals surface area contributed by atoms with E-state index in [9.17, 15) is 0 Å². The van der Waals surface area contributed by atoms with Crippen LogP contribution in [0.15, 0.2) is 48.5 Å². The predicted octanol–water partition coefficient (Wildman–Crippen LogP) is 9.77. The molecule has 2 aromatic rings. The molecule has 0 spiro atoms. The first-order valence-corrected chi connectivity index (χ1v) is 14.3. The van der Waals surface area contributed by atoms with Gasteiger partial charge in [0.05, 0.1) is 13.2 Å². The summed E-state index contributed by atoms with van der Waals surface area (Å²) in [7, 11) is 0. The third kappa shape index (κ3) is 11.9. The quantitative estimate of drug-likeness (QED) is 0.0838. The molecule has 2 aromatic carbocycles. The van der Waals surface area contributed by atoms with E-state index in [1.54, 1.807) is 0 Å². The zero-order valence-corrected chi connectivity index (χ0v) is 23.1. The van der Waals surface area contributed by atoms with Gasteiger partial charge in [0, 0.05) is 4.86 Å². The predicted molar refractivity (Wildman–Crippen MR) is 156 cm³/mol. The van der Waals surface area contributed by atoms with E-state index < -0.39 is 0 Å². The number of ether oxygens (including phenoxy) is 2. The van der Waals surface area contributed by atoms with Crippen molar-refractivity contribution in [3.8, 4) is 11.5 Å². The molecule has 192 valence electrons. The highest BCUT2D eigenvalue weighted by molar-refractivity contribution is 7.81. The van der Waals surface area contributed by atoms with E-state index in [0.717, 1.165) is 66.4 Å². The van der Waals surface area contributed by atoms with E-state index in [2.05, 4.69) is 63.2 Å². The molecule has 0 aliphatic heterocycles. The van der Waals surface area contributed by atoms with Gasteiger partial charge in [0.25, 0.3) is 0 Å². The fourth-order valence-corrected chi connectivity index (χ4v) is 4.23. The number of allylic oxidation sites excluding steroid dienone is 1. The van der Waals surface area contributed by atoms with E-state index in [1.807, 2.05) is 12.1 Å². The number of unbranched alkanes of at least 4 members (excludes halogenated alkanes) is 8. The molecule has 0 aliphatic rings. The molecule has 0 bridgehead atoms. The lowest BCUT2D eigenvalue weighted by atomic mass is 10.1. The lowest BCUT2D eigenvalue weighted by molar-refractivity contribution is 0.258. The topological polar surface area (TPSA) is 18.5 Å². The van der Waals surface area contributed by atoms with Gasteiger partial charge in [-0.25, -0.2) is 0 Å². The van der Waals surface area contributed by atoms with Crippen LogP contribution in [0.4, 0.5) is 0 Å². The van der Waals surface area contributed by atoms with Crippen LogP contribution in [0.5, 0.6) is 11.5 Å². The van der Waals surface area contributed by atoms with Crippen LogP contribution >= 0.6 is 12.2 Å². The number of aryl methyl sites for hydroxylation is 1. The van der Waals surface area contributed by atoms with Crippen LogP contribution < -0.4 is 9.47 Å². The highest BCUT2D eigenvalue weighted by Crippen LogP contribution is 2.30. The fraction of sp³-hybridized carbons (Fsp3) is 0.531. The van der Waals surface area contributed by atoms with Crippen molar-refractivity contribution in [2.24, 2.45) is 0 Å². The van der Waals surface area contributed by atoms with Gasteiger partial charge in [-0.2, -0.15) is 0 Å². The van der Waals surface area contributed by atoms with Gasteiger partial charge in [0.2, 0.25) is 0 Å². The highest BCUT2D eigenvalue weighted by atomic mass is 32.1. The highest BCUT2D eigenvalue weighted by Gasteiger charge is 2.07. The van der Waals surface area contributed by atoms with Gasteiger partial charge in [-0.1, -0.05) is 127 Å². The van der Waals surface area contributed by atoms with Gasteiger partial charge < -0.3 is 9.47 Å². The van der Waals surface area contributed by atoms with Crippen molar-refractivity contribution in [3.63, 3.8) is 0 Å². The molecule has 0 atom stereocenters. The van der Waals surface area contributed by atoms with Crippen LogP contribution in [-0.4, -0.2) is 18.1 Å². The van der Waals surface area contributed by atoms with Gasteiger partial charge in [0.15, 0.2) is 11.5 Å². The molecular formula is C32H46O2S. The maximum atomic E-state index is 6.19. The minimum absolute atomic E-state index is 0.728. The summed E-state index contributed by atoms with van der Waals surface area (Å²) in [4.78, 5) is 0.846. The monoisotopic (exact) mass is 494 g/mol. The Morgan fingerprint density at radius 2 is 1.29 bits per heavy atom. The summed E-state index contributed by atoms with van der Waals surface area (Å²) in [6, 6.07) is 14.8. The molecule has 0 saturated carbocycles. The normalized spacial score (nSPS) is 11.2. The Kier molecular flexibility index (Phi) is 15.1. The lowest BCUT2D eigenvalue weighted by Crippen LogP contribution is -2.03. The molecule has 0 heterocycles. The second-order valence-electron chi connectivity index (χ2n) is 9.38. The Morgan fingerprint density at radius 3 is 1.89 bits per heavy atom. The van der Waals surface area contributed by atoms with E-state index in [-0.39, 0.29) is 0 Å². The SMILES string of the molecule is CCCCCCCOc1ccc(C=CC(=S)c2ccc(CCC)cc2)cc1OCCCCCCC. The van der Waals surface area contributed by atoms with Crippen molar-refractivity contribution in [2.75, 3.05) is 13.2 Å². The summed E-state index contributed by atoms with van der Waals surface area (Å²) >= 11 is 5.66. The minimum atomic E-state index is 0.728. The zero-order chi connectivity index (χ0) is 25.1. The van der Waals surface area contributed by atoms with Crippen molar-refractivity contribution in [1.82, 2.24) is 0 Å². The summed E-state index contributed by atoms with van der Waals surface area (Å²) in [5.74, 6) is 1.69. The van der Waals surface area contributed by atoms with Crippen molar-refractivity contribution in [1.29, 1.82) is 0 Å². The van der Waals surface area contributed by atoms with E-state index in [0.29, 0.717) is 0 Å². The number of hydrogen-bond acceptors (Lipinski definition) is 3. The van der Waals surface area contributed by atoms with Crippen molar-refractivity contribution < 1.29 is 9.47 Å². The van der Waals surface area contributed by atoms with Crippen LogP contribution in [0.3, 0.4) is 0 Å². The second-order valence-corrected chi connectivity index (χ2v) is 9.82. The van der Waals surface area contributed by atoms with E-state index in [4.69, 9.17) is 21.7 Å². The van der Waals surface area contributed by atoms with Crippen LogP contribution in [0.1, 0.15) is 108 Å². The molecule has 0 N–H and O–H groups in total. The van der Waals surface area contributed by atoms with Crippen LogP contribution in [0.2, 0.25) is 0 Å². The lowest BCUT2D eigenvalue weighted by Gasteiger charge is -2.14. The summed E-state index contributed by atoms with van der Waals surface area (Å²) in [5, 5.41) is 0. The number of benzene rings is 2. The van der Waals surface area contributed by atoms with E-state index in [1.165, 1.54) is 56.9 Å². The van der Waals surface area contributed by atoms with Gasteiger partial charge in [-0.05, 0) is 54.2 Å². The van der Waals surface area contributed by atoms with Gasteiger partial charge in [-0.3, -0.25) is 0 Å². The van der Waals surface area contributed by atoms with Gasteiger partial charge >= 0.3 is 0 Å². The first-order valence-electron chi connectivity index (χ1n) is 13.9. The molecule has 3 heteroatoms. The Hall–Kier alpha value is -2.13. The summed E-state index contributed by atoms with van der Waals surface area (Å²) in [5.41, 5.74) is 3.52. The average molecular weight is 495 g/mol. The van der Waals surface area contributed by atoms with Crippen molar-refractivity contribution >= 4 is 23.2 Å². The Morgan fingerprint density at radius 1 is 0.686 bits per heavy atom. The molecule has 0 radical (unpaired) electrons. The average Bonchev–Trinajstić information content (AvgIpc) is 2.88. The summed E-state index contributed by atoms with van der Waals surface area (Å²) in [6.45, 7) is 8.16. The van der Waals surface area contributed by atoms with Gasteiger partial charge in [0.1, 0.15) is 0 Å². The largest absolute Gasteiger partial charge is 0.490 e. The standard InChI is InChI=1S/C32H46O2S/c1-4-7-9-11-13-24-33-30-22-18-28(26-31(30)34-25-14-12-10-8-5-2)19-23-32(35)29-20-16-27(15-6-3)17-21-29/h16-23,26H,4-15,24-25H2,1-3H3. The summed E-state index contributed by atoms with van der Waals surface area (Å²) in [6.07, 6.45) is 18.6. The van der Waals surface area contributed by atoms with Crippen molar-refractivity contribution in [3.05, 3.63) is 65.2 Å². The smallest absolute Gasteiger partial charge is 0.161 e. The molecule has 0 amide bonds. The molecule has 0 aromatic heterocycles. The van der Waals surface area contributed by atoms with E-state index >= 15 is 0 Å². The maximum absolute atomic E-state index is 6.19. The minimum Gasteiger partial charge on any atom is -0.490 e. The number of hydrogen-bond donors (Lipinski definition) is 0. The first kappa shape index (κ1) is 29.1. The van der Waals surface area contributed by atoms with Crippen LogP contribution in [0, 0.1) is 0 Å². The Balaban J connectivity index is 2.00. The molecule has 2 nitrogen and oxygen atoms in total. The molecule has 0 fully saturated rings. The third-order valence-electron chi connectivity index (χ3n) is 6.18. The first-order chi connectivity index (χ1) is 17.2. The molecule has 0 saturated heterocycles. The molecule has 0 unspecified atom stereocenters. The fourth-order valence-electron chi connectivity index (χ4n) is 4.03. The number of thiocarbonyl (C=S) groups is 1. The molecule has 35 heavy (non-hydrogen) atoms. The van der Waals surface area contributed by atoms with Gasteiger partial charge in [-0.15, -0.1) is 0 Å². The number of rotatable bonds is 19. The second kappa shape index (κ2) is 18.2. The van der Waals surface area contributed by atoms with Crippen LogP contribution in [-0.2, 0) is 6.42 Å². The molecule has 0 aliphatic carbocycles. The Bertz CT molecular complexity index is 870. The zero-order valence-electron chi connectivity index (χ0n) is 22.3. The Labute approximate surface area is 220 Å².